The summed E-state index contributed by atoms with van der Waals surface area (Å²) >= 11 is 0. The largest absolute Gasteiger partial charge is 0.339 e. The molecule has 0 saturated carbocycles. The SMILES string of the molecule is CCn1cnc2c1c(=O)[nH]c(=O)n2Cc1ccc(CNS(=O)(=O)c2cn(C)cn2)cc1. The van der Waals surface area contributed by atoms with Gasteiger partial charge in [0.2, 0.25) is 0 Å². The van der Waals surface area contributed by atoms with Gasteiger partial charge in [-0.15, -0.1) is 0 Å². The van der Waals surface area contributed by atoms with E-state index in [-0.39, 0.29) is 18.1 Å². The van der Waals surface area contributed by atoms with Crippen LogP contribution < -0.4 is 16.0 Å². The van der Waals surface area contributed by atoms with E-state index in [1.807, 2.05) is 6.92 Å². The Morgan fingerprint density at radius 3 is 2.42 bits per heavy atom. The number of nitrogens with zero attached hydrogens (tertiary/aromatic N) is 5. The molecule has 0 fully saturated rings. The van der Waals surface area contributed by atoms with Crippen LogP contribution >= 0.6 is 0 Å². The lowest BCUT2D eigenvalue weighted by Gasteiger charge is -2.09. The Hall–Kier alpha value is -3.51. The number of fused-ring (bicyclic) bond motifs is 1. The van der Waals surface area contributed by atoms with Gasteiger partial charge in [-0.25, -0.2) is 27.9 Å². The second-order valence-corrected chi connectivity index (χ2v) is 8.78. The van der Waals surface area contributed by atoms with Crippen LogP contribution in [0.3, 0.4) is 0 Å². The lowest BCUT2D eigenvalue weighted by molar-refractivity contribution is 0.578. The molecule has 4 aromatic rings. The number of benzene rings is 1. The van der Waals surface area contributed by atoms with Crippen molar-refractivity contribution in [3.8, 4) is 0 Å². The zero-order chi connectivity index (χ0) is 22.2. The van der Waals surface area contributed by atoms with Crippen LogP contribution in [0.15, 0.2) is 57.7 Å². The molecule has 3 heterocycles. The Kier molecular flexibility index (Phi) is 5.33. The van der Waals surface area contributed by atoms with Gasteiger partial charge in [-0.2, -0.15) is 0 Å². The number of H-pyrrole nitrogens is 1. The van der Waals surface area contributed by atoms with Crippen LogP contribution in [0, 0.1) is 0 Å². The summed E-state index contributed by atoms with van der Waals surface area (Å²) in [6.07, 6.45) is 4.38. The molecule has 0 spiro atoms. The van der Waals surface area contributed by atoms with Gasteiger partial charge in [0, 0.05) is 26.3 Å². The minimum atomic E-state index is -3.70. The average Bonchev–Trinajstić information content (AvgIpc) is 3.37. The summed E-state index contributed by atoms with van der Waals surface area (Å²) in [6.45, 7) is 2.76. The van der Waals surface area contributed by atoms with Gasteiger partial charge in [-0.05, 0) is 18.1 Å². The number of imidazole rings is 2. The minimum absolute atomic E-state index is 0.0420. The predicted octanol–water partition coefficient (Wildman–Crippen LogP) is 0.167. The van der Waals surface area contributed by atoms with Crippen LogP contribution in [0.25, 0.3) is 11.2 Å². The molecule has 0 bridgehead atoms. The second-order valence-electron chi connectivity index (χ2n) is 7.07. The molecular weight excluding hydrogens is 422 g/mol. The first-order valence-corrected chi connectivity index (χ1v) is 11.0. The van der Waals surface area contributed by atoms with Crippen LogP contribution in [0.2, 0.25) is 0 Å². The van der Waals surface area contributed by atoms with Gasteiger partial charge < -0.3 is 9.13 Å². The minimum Gasteiger partial charge on any atom is -0.339 e. The normalized spacial score (nSPS) is 11.9. The molecule has 0 radical (unpaired) electrons. The lowest BCUT2D eigenvalue weighted by atomic mass is 10.1. The molecule has 0 aliphatic carbocycles. The molecule has 2 N–H and O–H groups in total. The Labute approximate surface area is 177 Å². The number of rotatable bonds is 7. The Balaban J connectivity index is 1.53. The molecule has 3 aromatic heterocycles. The molecular formula is C19H21N7O4S. The molecule has 11 nitrogen and oxygen atoms in total. The van der Waals surface area contributed by atoms with Crippen molar-refractivity contribution in [2.24, 2.45) is 7.05 Å². The standard InChI is InChI=1S/C19H21N7O4S/c1-3-25-12-21-17-16(25)18(27)23-19(28)26(17)9-14-6-4-13(5-7-14)8-22-31(29,30)15-10-24(2)11-20-15/h4-7,10-12,22H,3,8-9H2,1-2H3,(H,23,27,28). The highest BCUT2D eigenvalue weighted by atomic mass is 32.2. The van der Waals surface area contributed by atoms with Crippen molar-refractivity contribution in [3.05, 3.63) is 75.1 Å². The summed E-state index contributed by atoms with van der Waals surface area (Å²) < 4.78 is 31.7. The van der Waals surface area contributed by atoms with Crippen LogP contribution in [0.4, 0.5) is 0 Å². The Morgan fingerprint density at radius 2 is 1.77 bits per heavy atom. The van der Waals surface area contributed by atoms with E-state index in [9.17, 15) is 18.0 Å². The van der Waals surface area contributed by atoms with Crippen molar-refractivity contribution in [2.45, 2.75) is 31.6 Å². The van der Waals surface area contributed by atoms with Gasteiger partial charge in [0.25, 0.3) is 15.6 Å². The third-order valence-corrected chi connectivity index (χ3v) is 6.17. The highest BCUT2D eigenvalue weighted by molar-refractivity contribution is 7.89. The van der Waals surface area contributed by atoms with E-state index < -0.39 is 21.3 Å². The van der Waals surface area contributed by atoms with Crippen molar-refractivity contribution in [3.63, 3.8) is 0 Å². The third kappa shape index (κ3) is 4.07. The molecule has 31 heavy (non-hydrogen) atoms. The summed E-state index contributed by atoms with van der Waals surface area (Å²) in [5.74, 6) is 0. The molecule has 0 aliphatic heterocycles. The van der Waals surface area contributed by atoms with E-state index in [1.54, 1.807) is 40.4 Å². The topological polar surface area (TPSA) is 137 Å². The number of aromatic amines is 1. The van der Waals surface area contributed by atoms with E-state index in [0.29, 0.717) is 17.7 Å². The number of hydrogen-bond acceptors (Lipinski definition) is 6. The molecule has 0 atom stereocenters. The summed E-state index contributed by atoms with van der Waals surface area (Å²) in [7, 11) is -2.01. The molecule has 1 aromatic carbocycles. The van der Waals surface area contributed by atoms with Crippen LogP contribution in [0.1, 0.15) is 18.1 Å². The Morgan fingerprint density at radius 1 is 1.06 bits per heavy atom. The van der Waals surface area contributed by atoms with E-state index >= 15 is 0 Å². The van der Waals surface area contributed by atoms with Gasteiger partial charge in [0.05, 0.1) is 19.2 Å². The number of aryl methyl sites for hydroxylation is 2. The number of hydrogen-bond donors (Lipinski definition) is 2. The summed E-state index contributed by atoms with van der Waals surface area (Å²) in [5.41, 5.74) is 1.22. The third-order valence-electron chi connectivity index (χ3n) is 4.88. The monoisotopic (exact) mass is 443 g/mol. The van der Waals surface area contributed by atoms with Crippen molar-refractivity contribution in [1.82, 2.24) is 33.4 Å². The molecule has 0 amide bonds. The first kappa shape index (κ1) is 20.8. The highest BCUT2D eigenvalue weighted by Gasteiger charge is 2.17. The van der Waals surface area contributed by atoms with Gasteiger partial charge in [-0.1, -0.05) is 24.3 Å². The van der Waals surface area contributed by atoms with Gasteiger partial charge in [0.15, 0.2) is 16.2 Å². The smallest absolute Gasteiger partial charge is 0.330 e. The molecule has 0 aliphatic rings. The maximum atomic E-state index is 12.3. The van der Waals surface area contributed by atoms with Gasteiger partial charge in [-0.3, -0.25) is 14.3 Å². The fourth-order valence-electron chi connectivity index (χ4n) is 3.23. The lowest BCUT2D eigenvalue weighted by Crippen LogP contribution is -2.31. The zero-order valence-electron chi connectivity index (χ0n) is 16.9. The molecule has 0 unspecified atom stereocenters. The molecule has 162 valence electrons. The summed E-state index contributed by atoms with van der Waals surface area (Å²) in [4.78, 5) is 34.9. The van der Waals surface area contributed by atoms with Gasteiger partial charge >= 0.3 is 5.69 Å². The summed E-state index contributed by atoms with van der Waals surface area (Å²) in [6, 6.07) is 7.14. The average molecular weight is 443 g/mol. The summed E-state index contributed by atoms with van der Waals surface area (Å²) in [5, 5.41) is -0.0420. The van der Waals surface area contributed by atoms with Crippen LogP contribution in [-0.4, -0.2) is 37.1 Å². The predicted molar refractivity (Wildman–Crippen MR) is 113 cm³/mol. The zero-order valence-corrected chi connectivity index (χ0v) is 17.8. The van der Waals surface area contributed by atoms with Crippen LogP contribution in [0.5, 0.6) is 0 Å². The second kappa shape index (κ2) is 7.96. The van der Waals surface area contributed by atoms with E-state index in [4.69, 9.17) is 0 Å². The number of sulfonamides is 1. The number of aromatic nitrogens is 6. The van der Waals surface area contributed by atoms with E-state index in [1.165, 1.54) is 23.4 Å². The number of nitrogens with one attached hydrogen (secondary N) is 2. The first-order chi connectivity index (χ1) is 14.8. The Bertz CT molecular complexity index is 1460. The van der Waals surface area contributed by atoms with Crippen molar-refractivity contribution >= 4 is 21.2 Å². The van der Waals surface area contributed by atoms with Crippen LogP contribution in [-0.2, 0) is 36.7 Å². The maximum Gasteiger partial charge on any atom is 0.330 e. The first-order valence-electron chi connectivity index (χ1n) is 9.52. The van der Waals surface area contributed by atoms with E-state index in [0.717, 1.165) is 11.1 Å². The fourth-order valence-corrected chi connectivity index (χ4v) is 4.23. The van der Waals surface area contributed by atoms with Gasteiger partial charge in [0.1, 0.15) is 0 Å². The van der Waals surface area contributed by atoms with Crippen molar-refractivity contribution in [2.75, 3.05) is 0 Å². The molecule has 4 rings (SSSR count). The highest BCUT2D eigenvalue weighted by Crippen LogP contribution is 2.11. The maximum absolute atomic E-state index is 12.3. The van der Waals surface area contributed by atoms with E-state index in [2.05, 4.69) is 19.7 Å². The van der Waals surface area contributed by atoms with Crippen molar-refractivity contribution < 1.29 is 8.42 Å². The van der Waals surface area contributed by atoms with Crippen molar-refractivity contribution in [1.29, 1.82) is 0 Å². The molecule has 0 saturated heterocycles. The quantitative estimate of drug-likeness (QED) is 0.418. The molecule has 12 heteroatoms. The fraction of sp³-hybridized carbons (Fsp3) is 0.263.